The lowest BCUT2D eigenvalue weighted by Crippen LogP contribution is -2.38. The highest BCUT2D eigenvalue weighted by atomic mass is 28.3. The van der Waals surface area contributed by atoms with Crippen molar-refractivity contribution in [3.05, 3.63) is 78.5 Å². The summed E-state index contributed by atoms with van der Waals surface area (Å²) in [5.74, 6) is 0. The maximum atomic E-state index is 2.57. The Bertz CT molecular complexity index is 1920. The summed E-state index contributed by atoms with van der Waals surface area (Å²) in [6, 6.07) is 25.1. The lowest BCUT2D eigenvalue weighted by molar-refractivity contribution is -0.643. The van der Waals surface area contributed by atoms with Gasteiger partial charge >= 0.3 is 0 Å². The lowest BCUT2D eigenvalue weighted by atomic mass is 9.94. The predicted octanol–water partition coefficient (Wildman–Crippen LogP) is 6.82. The van der Waals surface area contributed by atoms with Gasteiger partial charge < -0.3 is 4.40 Å². The third kappa shape index (κ3) is 2.30. The molecule has 7 aromatic rings. The van der Waals surface area contributed by atoms with Crippen molar-refractivity contribution < 1.29 is 4.57 Å². The van der Waals surface area contributed by atoms with Gasteiger partial charge in [-0.25, -0.2) is 4.57 Å². The molecular formula is C30H27N2Si+. The molecular weight excluding hydrogens is 416 g/mol. The van der Waals surface area contributed by atoms with E-state index in [-0.39, 0.29) is 0 Å². The van der Waals surface area contributed by atoms with Gasteiger partial charge in [-0.1, -0.05) is 73.4 Å². The Balaban J connectivity index is 1.96. The van der Waals surface area contributed by atoms with Crippen molar-refractivity contribution in [2.75, 3.05) is 0 Å². The molecule has 0 aliphatic heterocycles. The summed E-state index contributed by atoms with van der Waals surface area (Å²) < 4.78 is 4.90. The monoisotopic (exact) mass is 443 g/mol. The van der Waals surface area contributed by atoms with Gasteiger partial charge in [-0.05, 0) is 40.8 Å². The number of benzene rings is 4. The summed E-state index contributed by atoms with van der Waals surface area (Å²) in [6.07, 6.45) is 2.24. The first-order chi connectivity index (χ1) is 15.9. The summed E-state index contributed by atoms with van der Waals surface area (Å²) in [5.41, 5.74) is 6.70. The Morgan fingerprint density at radius 1 is 0.727 bits per heavy atom. The topological polar surface area (TPSA) is 8.29 Å². The van der Waals surface area contributed by atoms with Crippen LogP contribution in [0, 0.1) is 6.92 Å². The Labute approximate surface area is 194 Å². The largest absolute Gasteiger partial charge is 0.307 e. The van der Waals surface area contributed by atoms with Crippen LogP contribution in [0.5, 0.6) is 0 Å². The number of aryl methyl sites for hydroxylation is 2. The summed E-state index contributed by atoms with van der Waals surface area (Å²) >= 11 is 0. The summed E-state index contributed by atoms with van der Waals surface area (Å²) in [4.78, 5) is 0. The molecule has 3 aromatic heterocycles. The SMILES string of the molecule is Cc1c2ccccc2c2c3ccccc3n3c4cc([Si](C)(C)C)cc5cc[n+](C)c(c1c23)c54. The average Bonchev–Trinajstić information content (AvgIpc) is 3.15. The van der Waals surface area contributed by atoms with Gasteiger partial charge in [0.25, 0.3) is 0 Å². The molecule has 0 bridgehead atoms. The van der Waals surface area contributed by atoms with E-state index in [4.69, 9.17) is 0 Å². The van der Waals surface area contributed by atoms with E-state index in [0.29, 0.717) is 0 Å². The third-order valence-electron chi connectivity index (χ3n) is 7.65. The Kier molecular flexibility index (Phi) is 3.54. The summed E-state index contributed by atoms with van der Waals surface area (Å²) in [5, 5.41) is 11.0. The Morgan fingerprint density at radius 3 is 2.18 bits per heavy atom. The number of rotatable bonds is 1. The minimum Gasteiger partial charge on any atom is -0.307 e. The predicted molar refractivity (Wildman–Crippen MR) is 145 cm³/mol. The molecule has 3 heterocycles. The van der Waals surface area contributed by atoms with Crippen LogP contribution in [-0.4, -0.2) is 12.5 Å². The van der Waals surface area contributed by atoms with Crippen molar-refractivity contribution in [1.82, 2.24) is 4.40 Å². The van der Waals surface area contributed by atoms with Crippen LogP contribution in [-0.2, 0) is 7.05 Å². The molecule has 0 unspecified atom stereocenters. The van der Waals surface area contributed by atoms with E-state index in [1.807, 2.05) is 0 Å². The van der Waals surface area contributed by atoms with Crippen LogP contribution in [0.1, 0.15) is 5.56 Å². The lowest BCUT2D eigenvalue weighted by Gasteiger charge is -2.20. The molecule has 0 fully saturated rings. The summed E-state index contributed by atoms with van der Waals surface area (Å²) in [6.45, 7) is 9.65. The van der Waals surface area contributed by atoms with E-state index < -0.39 is 8.07 Å². The van der Waals surface area contributed by atoms with Gasteiger partial charge in [-0.2, -0.15) is 0 Å². The molecule has 0 aliphatic carbocycles. The van der Waals surface area contributed by atoms with Gasteiger partial charge in [0.1, 0.15) is 7.05 Å². The Morgan fingerprint density at radius 2 is 1.42 bits per heavy atom. The first kappa shape index (κ1) is 19.1. The van der Waals surface area contributed by atoms with Gasteiger partial charge in [0.2, 0.25) is 5.52 Å². The molecule has 160 valence electrons. The molecule has 0 saturated carbocycles. The highest BCUT2D eigenvalue weighted by molar-refractivity contribution is 6.89. The second-order valence-electron chi connectivity index (χ2n) is 10.6. The van der Waals surface area contributed by atoms with Crippen LogP contribution in [0.15, 0.2) is 72.9 Å². The zero-order valence-electron chi connectivity index (χ0n) is 19.8. The molecule has 33 heavy (non-hydrogen) atoms. The molecule has 0 N–H and O–H groups in total. The van der Waals surface area contributed by atoms with Crippen LogP contribution in [0.4, 0.5) is 0 Å². The fraction of sp³-hybridized carbons (Fsp3) is 0.167. The number of para-hydroxylation sites is 1. The molecule has 0 atom stereocenters. The minimum atomic E-state index is -1.50. The molecule has 2 nitrogen and oxygen atoms in total. The van der Waals surface area contributed by atoms with Gasteiger partial charge in [0.15, 0.2) is 6.20 Å². The van der Waals surface area contributed by atoms with Crippen LogP contribution >= 0.6 is 0 Å². The molecule has 0 aliphatic rings. The van der Waals surface area contributed by atoms with Crippen LogP contribution in [0.25, 0.3) is 59.8 Å². The number of aromatic nitrogens is 2. The Hall–Kier alpha value is -3.43. The number of fused-ring (bicyclic) bond motifs is 7. The zero-order chi connectivity index (χ0) is 22.6. The third-order valence-corrected chi connectivity index (χ3v) is 9.67. The number of pyridine rings is 2. The van der Waals surface area contributed by atoms with E-state index in [0.717, 1.165) is 0 Å². The molecule has 4 aromatic carbocycles. The number of hydrogen-bond acceptors (Lipinski definition) is 0. The van der Waals surface area contributed by atoms with Gasteiger partial charge in [0.05, 0.1) is 35.4 Å². The minimum absolute atomic E-state index is 1.30. The smallest absolute Gasteiger partial charge is 0.224 e. The number of hydrogen-bond donors (Lipinski definition) is 0. The van der Waals surface area contributed by atoms with Gasteiger partial charge in [0, 0.05) is 16.8 Å². The van der Waals surface area contributed by atoms with Crippen molar-refractivity contribution in [2.45, 2.75) is 26.6 Å². The summed E-state index contributed by atoms with van der Waals surface area (Å²) in [7, 11) is 0.696. The van der Waals surface area contributed by atoms with Crippen molar-refractivity contribution in [3.8, 4) is 0 Å². The molecule has 3 heteroatoms. The van der Waals surface area contributed by atoms with Crippen molar-refractivity contribution in [3.63, 3.8) is 0 Å². The molecule has 0 spiro atoms. The maximum absolute atomic E-state index is 2.57. The average molecular weight is 444 g/mol. The van der Waals surface area contributed by atoms with Crippen molar-refractivity contribution >= 4 is 73.0 Å². The fourth-order valence-electron chi connectivity index (χ4n) is 6.02. The molecule has 0 amide bonds. The van der Waals surface area contributed by atoms with E-state index >= 15 is 0 Å². The molecule has 0 saturated heterocycles. The highest BCUT2D eigenvalue weighted by Crippen LogP contribution is 2.44. The normalized spacial score (nSPS) is 13.0. The molecule has 7 rings (SSSR count). The quantitative estimate of drug-likeness (QED) is 0.114. The highest BCUT2D eigenvalue weighted by Gasteiger charge is 2.27. The fourth-order valence-corrected chi connectivity index (χ4v) is 7.18. The first-order valence-electron chi connectivity index (χ1n) is 11.8. The van der Waals surface area contributed by atoms with Crippen LogP contribution in [0.2, 0.25) is 19.6 Å². The van der Waals surface area contributed by atoms with Crippen LogP contribution in [0.3, 0.4) is 0 Å². The van der Waals surface area contributed by atoms with E-state index in [1.54, 1.807) is 0 Å². The van der Waals surface area contributed by atoms with E-state index in [1.165, 1.54) is 70.5 Å². The van der Waals surface area contributed by atoms with E-state index in [2.05, 4.69) is 116 Å². The zero-order valence-corrected chi connectivity index (χ0v) is 20.8. The van der Waals surface area contributed by atoms with Gasteiger partial charge in [-0.3, -0.25) is 0 Å². The number of nitrogens with zero attached hydrogens (tertiary/aromatic N) is 2. The maximum Gasteiger partial charge on any atom is 0.224 e. The van der Waals surface area contributed by atoms with Crippen LogP contribution < -0.4 is 9.75 Å². The van der Waals surface area contributed by atoms with Crippen molar-refractivity contribution in [2.24, 2.45) is 7.05 Å². The standard InChI is InChI=1S/C30H27N2Si/c1-18-21-10-6-7-11-22(21)28-23-12-8-9-13-24(23)32-25-17-20(33(3,4)5)16-19-14-15-31(2)29(27(19)25)26(18)30(28)32/h6-17H,1-5H3/q+1. The van der Waals surface area contributed by atoms with Gasteiger partial charge in [-0.15, -0.1) is 0 Å². The molecule has 0 radical (unpaired) electrons. The second-order valence-corrected chi connectivity index (χ2v) is 15.7. The van der Waals surface area contributed by atoms with E-state index in [9.17, 15) is 0 Å². The second kappa shape index (κ2) is 6.12. The first-order valence-corrected chi connectivity index (χ1v) is 15.3. The van der Waals surface area contributed by atoms with Crippen molar-refractivity contribution in [1.29, 1.82) is 0 Å².